The Kier molecular flexibility index (Phi) is 13.1. The van der Waals surface area contributed by atoms with E-state index in [0.29, 0.717) is 41.8 Å². The Bertz CT molecular complexity index is 2200. The van der Waals surface area contributed by atoms with Crippen LogP contribution in [0.2, 0.25) is 5.02 Å². The molecule has 5 heterocycles. The molecule has 0 radical (unpaired) electrons. The first-order valence-electron chi connectivity index (χ1n) is 22.0. The molecule has 320 valence electrons. The van der Waals surface area contributed by atoms with Gasteiger partial charge < -0.3 is 24.2 Å². The van der Waals surface area contributed by atoms with Gasteiger partial charge in [0, 0.05) is 56.4 Å². The summed E-state index contributed by atoms with van der Waals surface area (Å²) in [5.74, 6) is 3.71. The van der Waals surface area contributed by atoms with Crippen LogP contribution in [0.25, 0.3) is 4.85 Å². The molecule has 61 heavy (non-hydrogen) atoms. The molecule has 11 nitrogen and oxygen atoms in total. The average Bonchev–Trinajstić information content (AvgIpc) is 3.29. The molecule has 4 aliphatic heterocycles. The number of likely N-dealkylation sites (tertiary alicyclic amines) is 1. The number of hydrogen-bond acceptors (Lipinski definition) is 9. The van der Waals surface area contributed by atoms with Gasteiger partial charge in [-0.2, -0.15) is 0 Å². The van der Waals surface area contributed by atoms with Crippen LogP contribution >= 0.6 is 11.6 Å². The van der Waals surface area contributed by atoms with Gasteiger partial charge in [0.2, 0.25) is 23.5 Å². The van der Waals surface area contributed by atoms with Crippen molar-refractivity contribution < 1.29 is 19.1 Å². The van der Waals surface area contributed by atoms with Crippen molar-refractivity contribution in [1.29, 1.82) is 0 Å². The summed E-state index contributed by atoms with van der Waals surface area (Å²) in [6.45, 7) is 19.9. The third-order valence-corrected chi connectivity index (χ3v) is 14.2. The summed E-state index contributed by atoms with van der Waals surface area (Å²) in [5, 5.41) is 2.91. The molecule has 0 spiro atoms. The molecular formula is C49H58ClN7O4. The number of nitrogens with one attached hydrogen (secondary N) is 1. The van der Waals surface area contributed by atoms with Crippen LogP contribution in [-0.2, 0) is 21.6 Å². The summed E-state index contributed by atoms with van der Waals surface area (Å²) in [5.41, 5.74) is 5.12. The number of carbonyl (C=O) groups is 2. The lowest BCUT2D eigenvalue weighted by molar-refractivity contribution is -0.134. The number of amides is 2. The Morgan fingerprint density at radius 1 is 0.836 bits per heavy atom. The smallest absolute Gasteiger partial charge is 0.234 e. The fraction of sp³-hybridized carbons (Fsp3) is 0.490. The van der Waals surface area contributed by atoms with Crippen molar-refractivity contribution in [1.82, 2.24) is 20.2 Å². The molecule has 8 rings (SSSR count). The first-order chi connectivity index (χ1) is 29.6. The van der Waals surface area contributed by atoms with E-state index < -0.39 is 0 Å². The van der Waals surface area contributed by atoms with Gasteiger partial charge in [-0.05, 0) is 135 Å². The van der Waals surface area contributed by atoms with E-state index in [-0.39, 0.29) is 23.1 Å². The number of halogens is 1. The molecule has 0 bridgehead atoms. The minimum absolute atomic E-state index is 0.167. The zero-order valence-corrected chi connectivity index (χ0v) is 36.5. The predicted octanol–water partition coefficient (Wildman–Crippen LogP) is 8.96. The maximum atomic E-state index is 12.3. The van der Waals surface area contributed by atoms with E-state index in [2.05, 4.69) is 80.1 Å². The molecule has 1 unspecified atom stereocenters. The predicted molar refractivity (Wildman–Crippen MR) is 240 cm³/mol. The highest BCUT2D eigenvalue weighted by atomic mass is 35.5. The van der Waals surface area contributed by atoms with Gasteiger partial charge in [-0.1, -0.05) is 49.7 Å². The van der Waals surface area contributed by atoms with Crippen LogP contribution < -0.4 is 24.6 Å². The van der Waals surface area contributed by atoms with Gasteiger partial charge in [-0.15, -0.1) is 0 Å². The molecule has 2 amide bonds. The average molecular weight is 845 g/mol. The molecule has 1 atom stereocenters. The zero-order valence-electron chi connectivity index (χ0n) is 35.7. The molecule has 4 aliphatic rings. The van der Waals surface area contributed by atoms with Gasteiger partial charge in [-0.25, -0.2) is 14.8 Å². The topological polar surface area (TPSA) is 104 Å². The monoisotopic (exact) mass is 843 g/mol. The van der Waals surface area contributed by atoms with Crippen molar-refractivity contribution in [3.8, 4) is 11.5 Å². The van der Waals surface area contributed by atoms with Crippen LogP contribution in [0.3, 0.4) is 0 Å². The minimum atomic E-state index is -0.389. The normalized spacial score (nSPS) is 20.0. The van der Waals surface area contributed by atoms with Gasteiger partial charge in [0.1, 0.15) is 18.1 Å². The van der Waals surface area contributed by atoms with Gasteiger partial charge in [0.15, 0.2) is 0 Å². The van der Waals surface area contributed by atoms with Crippen LogP contribution in [-0.4, -0.2) is 79.6 Å². The summed E-state index contributed by atoms with van der Waals surface area (Å²) < 4.78 is 11.5. The lowest BCUT2D eigenvalue weighted by atomic mass is 9.78. The highest BCUT2D eigenvalue weighted by Crippen LogP contribution is 2.42. The fourth-order valence-electron chi connectivity index (χ4n) is 9.98. The maximum absolute atomic E-state index is 12.3. The molecular weight excluding hydrogens is 786 g/mol. The van der Waals surface area contributed by atoms with Crippen LogP contribution in [0.4, 0.5) is 17.3 Å². The third kappa shape index (κ3) is 9.82. The summed E-state index contributed by atoms with van der Waals surface area (Å²) in [7, 11) is 1.53. The molecule has 0 aliphatic carbocycles. The van der Waals surface area contributed by atoms with Gasteiger partial charge >= 0.3 is 0 Å². The summed E-state index contributed by atoms with van der Waals surface area (Å²) >= 11 is 6.48. The number of carbonyl (C=O) groups excluding carboxylic acids is 2. The molecule has 4 saturated heterocycles. The highest BCUT2D eigenvalue weighted by molar-refractivity contribution is 6.32. The number of hydrogen-bond donors (Lipinski definition) is 1. The number of methoxy groups -OCH3 is 1. The molecule has 1 N–H and O–H groups in total. The molecule has 0 saturated carbocycles. The third-order valence-electron chi connectivity index (χ3n) is 13.9. The van der Waals surface area contributed by atoms with Crippen LogP contribution in [0.5, 0.6) is 11.5 Å². The van der Waals surface area contributed by atoms with Crippen molar-refractivity contribution in [2.75, 3.05) is 62.7 Å². The SMILES string of the molecule is [C-]#[N+]c1cc(C(C)(C)c2ccc(OCc3ccnc(N4CCC(CN5CCC(C6CCN(c7ccc(C8CCC(=O)NC8=O)cc7)CC6)CC5)CC4)n3)cc2)cc(Cl)c1OC. The molecule has 12 heteroatoms. The second-order valence-electron chi connectivity index (χ2n) is 17.9. The van der Waals surface area contributed by atoms with Crippen molar-refractivity contribution >= 4 is 40.7 Å². The Morgan fingerprint density at radius 3 is 2.16 bits per heavy atom. The number of rotatable bonds is 12. The Balaban J connectivity index is 0.747. The van der Waals surface area contributed by atoms with E-state index >= 15 is 0 Å². The fourth-order valence-corrected chi connectivity index (χ4v) is 10.3. The molecule has 4 aromatic rings. The Labute approximate surface area is 365 Å². The summed E-state index contributed by atoms with van der Waals surface area (Å²) in [6.07, 6.45) is 10.2. The lowest BCUT2D eigenvalue weighted by Crippen LogP contribution is -2.44. The van der Waals surface area contributed by atoms with E-state index in [0.717, 1.165) is 84.9 Å². The second kappa shape index (κ2) is 18.8. The second-order valence-corrected chi connectivity index (χ2v) is 18.3. The first kappa shape index (κ1) is 42.5. The van der Waals surface area contributed by atoms with Crippen molar-refractivity contribution in [2.24, 2.45) is 17.8 Å². The van der Waals surface area contributed by atoms with Crippen molar-refractivity contribution in [2.45, 2.75) is 83.2 Å². The maximum Gasteiger partial charge on any atom is 0.234 e. The molecule has 4 fully saturated rings. The molecule has 1 aromatic heterocycles. The van der Waals surface area contributed by atoms with E-state index in [1.54, 1.807) is 0 Å². The van der Waals surface area contributed by atoms with E-state index in [1.165, 1.54) is 58.1 Å². The summed E-state index contributed by atoms with van der Waals surface area (Å²) in [6, 6.07) is 22.2. The van der Waals surface area contributed by atoms with Crippen LogP contribution in [0.15, 0.2) is 72.9 Å². The quantitative estimate of drug-likeness (QED) is 0.111. The van der Waals surface area contributed by atoms with Crippen molar-refractivity contribution in [3.63, 3.8) is 0 Å². The highest BCUT2D eigenvalue weighted by Gasteiger charge is 2.32. The minimum Gasteiger partial charge on any atom is -0.506 e. The van der Waals surface area contributed by atoms with Gasteiger partial charge in [0.05, 0.1) is 30.3 Å². The van der Waals surface area contributed by atoms with Gasteiger partial charge in [0.25, 0.3) is 0 Å². The number of aromatic nitrogens is 2. The first-order valence-corrected chi connectivity index (χ1v) is 22.4. The Hall–Kier alpha value is -5.18. The van der Waals surface area contributed by atoms with Crippen molar-refractivity contribution in [3.05, 3.63) is 112 Å². The summed E-state index contributed by atoms with van der Waals surface area (Å²) in [4.78, 5) is 44.6. The van der Waals surface area contributed by atoms with E-state index in [4.69, 9.17) is 32.6 Å². The number of benzene rings is 3. The Morgan fingerprint density at radius 2 is 1.51 bits per heavy atom. The number of piperidine rings is 4. The number of anilines is 2. The van der Waals surface area contributed by atoms with Crippen LogP contribution in [0, 0.1) is 24.3 Å². The largest absolute Gasteiger partial charge is 0.506 e. The standard InChI is InChI=1S/C49H58ClN7O4/c1-49(2,38-29-43(50)46(60-4)44(30-38)51-3)37-7-11-41(12-8-37)61-32-39-15-22-52-48(53-39)57-25-16-33(17-26-57)31-55-23-18-34(19-24-55)35-20-27-56(28-21-35)40-9-5-36(6-10-40)42-13-14-45(58)54-47(42)59/h5-12,15,22,29-30,33-35,42H,13-14,16-21,23-28,31-32H2,1-2,4H3,(H,54,58,59). The zero-order chi connectivity index (χ0) is 42.5. The number of ether oxygens (including phenoxy) is 2. The van der Waals surface area contributed by atoms with Gasteiger partial charge in [-0.3, -0.25) is 14.9 Å². The van der Waals surface area contributed by atoms with Crippen LogP contribution in [0.1, 0.15) is 93.5 Å². The molecule has 3 aromatic carbocycles. The number of imide groups is 1. The van der Waals surface area contributed by atoms with E-state index in [1.807, 2.05) is 36.5 Å². The number of nitrogens with zero attached hydrogens (tertiary/aromatic N) is 6. The van der Waals surface area contributed by atoms with E-state index in [9.17, 15) is 9.59 Å². The lowest BCUT2D eigenvalue weighted by Gasteiger charge is -2.42.